The van der Waals surface area contributed by atoms with Crippen LogP contribution >= 0.6 is 11.3 Å². The van der Waals surface area contributed by atoms with Crippen molar-refractivity contribution < 1.29 is 19.0 Å². The first kappa shape index (κ1) is 15.3. The molecule has 4 rings (SSSR count). The quantitative estimate of drug-likeness (QED) is 0.854. The van der Waals surface area contributed by atoms with E-state index in [-0.39, 0.29) is 11.9 Å². The van der Waals surface area contributed by atoms with Gasteiger partial charge in [-0.15, -0.1) is 11.3 Å². The lowest BCUT2D eigenvalue weighted by Crippen LogP contribution is -2.30. The highest BCUT2D eigenvalue weighted by Crippen LogP contribution is 2.42. The molecule has 24 heavy (non-hydrogen) atoms. The molecular formula is C18H19NO4S. The predicted octanol–water partition coefficient (Wildman–Crippen LogP) is 3.51. The summed E-state index contributed by atoms with van der Waals surface area (Å²) < 4.78 is 16.5. The summed E-state index contributed by atoms with van der Waals surface area (Å²) in [4.78, 5) is 15.7. The van der Waals surface area contributed by atoms with Crippen molar-refractivity contribution in [2.24, 2.45) is 0 Å². The second kappa shape index (κ2) is 6.36. The van der Waals surface area contributed by atoms with E-state index in [4.69, 9.17) is 14.2 Å². The van der Waals surface area contributed by atoms with Crippen LogP contribution in [0, 0.1) is 0 Å². The van der Waals surface area contributed by atoms with Crippen molar-refractivity contribution in [1.82, 2.24) is 4.90 Å². The number of hydrogen-bond acceptors (Lipinski definition) is 5. The van der Waals surface area contributed by atoms with Gasteiger partial charge in [-0.1, -0.05) is 12.1 Å². The molecule has 2 aromatic rings. The Hall–Kier alpha value is -2.21. The van der Waals surface area contributed by atoms with Crippen LogP contribution in [-0.4, -0.2) is 37.7 Å². The van der Waals surface area contributed by atoms with E-state index < -0.39 is 0 Å². The standard InChI is InChI=1S/C18H19NO4S/c1-21-13-5-2-4-12(10-13)14-6-3-7-19(14)18(20)17-16-15(11-24-17)22-8-9-23-16/h2,4-5,10-11,14H,3,6-9H2,1H3/t14-/m1/s1. The molecule has 2 aliphatic rings. The number of benzene rings is 1. The normalized spacial score (nSPS) is 19.4. The summed E-state index contributed by atoms with van der Waals surface area (Å²) in [6.07, 6.45) is 1.96. The van der Waals surface area contributed by atoms with Gasteiger partial charge in [-0.3, -0.25) is 4.79 Å². The van der Waals surface area contributed by atoms with Crippen molar-refractivity contribution >= 4 is 17.2 Å². The van der Waals surface area contributed by atoms with Gasteiger partial charge < -0.3 is 19.1 Å². The lowest BCUT2D eigenvalue weighted by atomic mass is 10.0. The fourth-order valence-electron chi connectivity index (χ4n) is 3.35. The van der Waals surface area contributed by atoms with Gasteiger partial charge in [0.15, 0.2) is 11.5 Å². The zero-order valence-corrected chi connectivity index (χ0v) is 14.3. The number of methoxy groups -OCH3 is 1. The van der Waals surface area contributed by atoms with Gasteiger partial charge in [-0.05, 0) is 30.5 Å². The van der Waals surface area contributed by atoms with Crippen LogP contribution in [-0.2, 0) is 0 Å². The van der Waals surface area contributed by atoms with E-state index >= 15 is 0 Å². The average molecular weight is 345 g/mol. The summed E-state index contributed by atoms with van der Waals surface area (Å²) >= 11 is 1.40. The zero-order chi connectivity index (χ0) is 16.5. The smallest absolute Gasteiger partial charge is 0.268 e. The first-order chi connectivity index (χ1) is 11.8. The number of rotatable bonds is 3. The van der Waals surface area contributed by atoms with Gasteiger partial charge in [0.2, 0.25) is 0 Å². The highest BCUT2D eigenvalue weighted by Gasteiger charge is 2.34. The van der Waals surface area contributed by atoms with E-state index in [0.717, 1.165) is 30.7 Å². The van der Waals surface area contributed by atoms with Crippen molar-refractivity contribution in [3.8, 4) is 17.2 Å². The van der Waals surface area contributed by atoms with Gasteiger partial charge >= 0.3 is 0 Å². The summed E-state index contributed by atoms with van der Waals surface area (Å²) in [7, 11) is 1.66. The van der Waals surface area contributed by atoms with E-state index in [9.17, 15) is 4.79 Å². The van der Waals surface area contributed by atoms with E-state index in [1.165, 1.54) is 11.3 Å². The van der Waals surface area contributed by atoms with Crippen LogP contribution in [0.2, 0.25) is 0 Å². The Morgan fingerprint density at radius 1 is 1.33 bits per heavy atom. The first-order valence-electron chi connectivity index (χ1n) is 8.10. The number of thiophene rings is 1. The minimum Gasteiger partial charge on any atom is -0.497 e. The monoisotopic (exact) mass is 345 g/mol. The third-order valence-corrected chi connectivity index (χ3v) is 5.42. The molecule has 0 radical (unpaired) electrons. The molecule has 5 nitrogen and oxygen atoms in total. The van der Waals surface area contributed by atoms with Gasteiger partial charge in [0.05, 0.1) is 13.2 Å². The Morgan fingerprint density at radius 3 is 3.08 bits per heavy atom. The maximum atomic E-state index is 13.1. The summed E-state index contributed by atoms with van der Waals surface area (Å²) in [5.41, 5.74) is 1.11. The molecule has 1 aromatic carbocycles. The van der Waals surface area contributed by atoms with Gasteiger partial charge in [0, 0.05) is 11.9 Å². The van der Waals surface area contributed by atoms with Crippen LogP contribution in [0.1, 0.15) is 34.1 Å². The number of fused-ring (bicyclic) bond motifs is 1. The van der Waals surface area contributed by atoms with Crippen molar-refractivity contribution in [2.45, 2.75) is 18.9 Å². The number of carbonyl (C=O) groups is 1. The topological polar surface area (TPSA) is 48.0 Å². The largest absolute Gasteiger partial charge is 0.497 e. The van der Waals surface area contributed by atoms with E-state index in [1.807, 2.05) is 28.5 Å². The molecule has 0 saturated carbocycles. The van der Waals surface area contributed by atoms with Crippen molar-refractivity contribution in [3.63, 3.8) is 0 Å². The first-order valence-corrected chi connectivity index (χ1v) is 8.98. The molecule has 3 heterocycles. The molecule has 1 aromatic heterocycles. The Labute approximate surface area is 144 Å². The van der Waals surface area contributed by atoms with E-state index in [2.05, 4.69) is 6.07 Å². The summed E-state index contributed by atoms with van der Waals surface area (Å²) in [5.74, 6) is 2.13. The minimum atomic E-state index is 0.0251. The summed E-state index contributed by atoms with van der Waals surface area (Å²) in [5, 5.41) is 1.86. The molecule has 6 heteroatoms. The Morgan fingerprint density at radius 2 is 2.21 bits per heavy atom. The number of ether oxygens (including phenoxy) is 3. The SMILES string of the molecule is COc1cccc([C@H]2CCCN2C(=O)c2scc3c2OCCO3)c1. The van der Waals surface area contributed by atoms with Gasteiger partial charge in [0.1, 0.15) is 23.8 Å². The van der Waals surface area contributed by atoms with Crippen LogP contribution in [0.25, 0.3) is 0 Å². The molecule has 0 unspecified atom stereocenters. The van der Waals surface area contributed by atoms with Gasteiger partial charge in [-0.2, -0.15) is 0 Å². The van der Waals surface area contributed by atoms with E-state index in [0.29, 0.717) is 29.6 Å². The summed E-state index contributed by atoms with van der Waals surface area (Å²) in [6.45, 7) is 1.78. The number of nitrogens with zero attached hydrogens (tertiary/aromatic N) is 1. The Balaban J connectivity index is 1.62. The number of likely N-dealkylation sites (tertiary alicyclic amines) is 1. The molecule has 0 bridgehead atoms. The van der Waals surface area contributed by atoms with Crippen molar-refractivity contribution in [3.05, 3.63) is 40.1 Å². The second-order valence-corrected chi connectivity index (χ2v) is 6.77. The van der Waals surface area contributed by atoms with E-state index in [1.54, 1.807) is 7.11 Å². The fourth-order valence-corrected chi connectivity index (χ4v) is 4.23. The van der Waals surface area contributed by atoms with Crippen LogP contribution in [0.5, 0.6) is 17.2 Å². The Bertz CT molecular complexity index is 757. The third-order valence-electron chi connectivity index (χ3n) is 4.49. The predicted molar refractivity (Wildman–Crippen MR) is 91.3 cm³/mol. The van der Waals surface area contributed by atoms with Crippen LogP contribution < -0.4 is 14.2 Å². The summed E-state index contributed by atoms with van der Waals surface area (Å²) in [6, 6.07) is 8.04. The minimum absolute atomic E-state index is 0.0251. The highest BCUT2D eigenvalue weighted by atomic mass is 32.1. The molecule has 1 saturated heterocycles. The number of amides is 1. The second-order valence-electron chi connectivity index (χ2n) is 5.89. The lowest BCUT2D eigenvalue weighted by Gasteiger charge is -2.25. The van der Waals surface area contributed by atoms with Crippen molar-refractivity contribution in [2.75, 3.05) is 26.9 Å². The number of carbonyl (C=O) groups excluding carboxylic acids is 1. The Kier molecular flexibility index (Phi) is 4.06. The molecular weight excluding hydrogens is 326 g/mol. The maximum absolute atomic E-state index is 13.1. The van der Waals surface area contributed by atoms with Crippen LogP contribution in [0.15, 0.2) is 29.6 Å². The average Bonchev–Trinajstić information content (AvgIpc) is 3.28. The van der Waals surface area contributed by atoms with Crippen molar-refractivity contribution in [1.29, 1.82) is 0 Å². The zero-order valence-electron chi connectivity index (χ0n) is 13.5. The molecule has 126 valence electrons. The molecule has 0 spiro atoms. The molecule has 0 aliphatic carbocycles. The van der Waals surface area contributed by atoms with Crippen LogP contribution in [0.4, 0.5) is 0 Å². The van der Waals surface area contributed by atoms with Crippen LogP contribution in [0.3, 0.4) is 0 Å². The highest BCUT2D eigenvalue weighted by molar-refractivity contribution is 7.12. The molecule has 1 atom stereocenters. The lowest BCUT2D eigenvalue weighted by molar-refractivity contribution is 0.0731. The molecule has 2 aliphatic heterocycles. The van der Waals surface area contributed by atoms with Gasteiger partial charge in [0.25, 0.3) is 5.91 Å². The van der Waals surface area contributed by atoms with Gasteiger partial charge in [-0.25, -0.2) is 0 Å². The molecule has 0 N–H and O–H groups in total. The third kappa shape index (κ3) is 2.60. The number of hydrogen-bond donors (Lipinski definition) is 0. The fraction of sp³-hybridized carbons (Fsp3) is 0.389. The molecule has 1 amide bonds. The molecule has 1 fully saturated rings. The maximum Gasteiger partial charge on any atom is 0.268 e.